The van der Waals surface area contributed by atoms with Gasteiger partial charge in [-0.3, -0.25) is 9.80 Å². The van der Waals surface area contributed by atoms with Crippen LogP contribution in [0.25, 0.3) is 11.0 Å². The predicted octanol–water partition coefficient (Wildman–Crippen LogP) is 4.17. The number of fused-ring (bicyclic) bond motifs is 1. The van der Waals surface area contributed by atoms with E-state index in [2.05, 4.69) is 41.8 Å². The van der Waals surface area contributed by atoms with Crippen molar-refractivity contribution in [3.05, 3.63) is 64.1 Å². The normalized spacial score (nSPS) is 16.8. The highest BCUT2D eigenvalue weighted by atomic mass is 79.9. The molecule has 136 valence electrons. The molecule has 4 rings (SSSR count). The van der Waals surface area contributed by atoms with E-state index >= 15 is 0 Å². The maximum atomic E-state index is 14.0. The zero-order valence-corrected chi connectivity index (χ0v) is 16.2. The van der Waals surface area contributed by atoms with Gasteiger partial charge in [0.25, 0.3) is 0 Å². The van der Waals surface area contributed by atoms with Crippen molar-refractivity contribution in [2.45, 2.75) is 19.5 Å². The van der Waals surface area contributed by atoms with Gasteiger partial charge in [0.1, 0.15) is 11.6 Å². The van der Waals surface area contributed by atoms with E-state index in [-0.39, 0.29) is 5.82 Å². The Balaban J connectivity index is 1.37. The SMILES string of the molecule is Fc1ccc(Br)cc1CN1CCCN(Cc2nc3ccccc3[nH]2)CC1. The number of benzene rings is 2. The second kappa shape index (κ2) is 7.86. The number of H-pyrrole nitrogens is 1. The largest absolute Gasteiger partial charge is 0.341 e. The molecular weight excluding hydrogens is 395 g/mol. The monoisotopic (exact) mass is 416 g/mol. The molecule has 1 N–H and O–H groups in total. The average Bonchev–Trinajstić information content (AvgIpc) is 2.91. The molecule has 0 saturated carbocycles. The van der Waals surface area contributed by atoms with Crippen molar-refractivity contribution in [3.8, 4) is 0 Å². The van der Waals surface area contributed by atoms with Crippen LogP contribution >= 0.6 is 15.9 Å². The molecule has 1 saturated heterocycles. The fourth-order valence-electron chi connectivity index (χ4n) is 3.54. The lowest BCUT2D eigenvalue weighted by atomic mass is 10.2. The summed E-state index contributed by atoms with van der Waals surface area (Å²) in [5, 5.41) is 0. The molecule has 26 heavy (non-hydrogen) atoms. The number of nitrogens with zero attached hydrogens (tertiary/aromatic N) is 3. The number of aromatic nitrogens is 2. The summed E-state index contributed by atoms with van der Waals surface area (Å²) in [5.41, 5.74) is 2.86. The lowest BCUT2D eigenvalue weighted by Crippen LogP contribution is -2.30. The average molecular weight is 417 g/mol. The molecule has 0 amide bonds. The maximum Gasteiger partial charge on any atom is 0.127 e. The van der Waals surface area contributed by atoms with Gasteiger partial charge in [0, 0.05) is 29.7 Å². The van der Waals surface area contributed by atoms with Crippen LogP contribution < -0.4 is 0 Å². The minimum atomic E-state index is -0.128. The molecule has 0 bridgehead atoms. The first-order valence-electron chi connectivity index (χ1n) is 9.00. The van der Waals surface area contributed by atoms with Gasteiger partial charge in [0.05, 0.1) is 17.6 Å². The highest BCUT2D eigenvalue weighted by Gasteiger charge is 2.17. The Morgan fingerprint density at radius 1 is 1.00 bits per heavy atom. The Bertz CT molecular complexity index is 861. The fraction of sp³-hybridized carbons (Fsp3) is 0.350. The predicted molar refractivity (Wildman–Crippen MR) is 105 cm³/mol. The van der Waals surface area contributed by atoms with Gasteiger partial charge < -0.3 is 4.98 Å². The third-order valence-corrected chi connectivity index (χ3v) is 5.39. The second-order valence-electron chi connectivity index (χ2n) is 6.84. The van der Waals surface area contributed by atoms with Crippen molar-refractivity contribution in [3.63, 3.8) is 0 Å². The Labute approximate surface area is 161 Å². The van der Waals surface area contributed by atoms with Crippen LogP contribution in [-0.2, 0) is 13.1 Å². The fourth-order valence-corrected chi connectivity index (χ4v) is 3.95. The Hall–Kier alpha value is -1.76. The van der Waals surface area contributed by atoms with Gasteiger partial charge in [0.2, 0.25) is 0 Å². The molecule has 6 heteroatoms. The van der Waals surface area contributed by atoms with Gasteiger partial charge in [-0.15, -0.1) is 0 Å². The number of hydrogen-bond donors (Lipinski definition) is 1. The maximum absolute atomic E-state index is 14.0. The quantitative estimate of drug-likeness (QED) is 0.692. The number of hydrogen-bond acceptors (Lipinski definition) is 3. The number of para-hydroxylation sites is 2. The molecule has 0 unspecified atom stereocenters. The zero-order valence-electron chi connectivity index (χ0n) is 14.6. The number of nitrogens with one attached hydrogen (secondary N) is 1. The van der Waals surface area contributed by atoms with Crippen molar-refractivity contribution < 1.29 is 4.39 Å². The summed E-state index contributed by atoms with van der Waals surface area (Å²) in [7, 11) is 0. The van der Waals surface area contributed by atoms with Gasteiger partial charge in [-0.1, -0.05) is 28.1 Å². The molecule has 0 spiro atoms. The second-order valence-corrected chi connectivity index (χ2v) is 7.76. The van der Waals surface area contributed by atoms with Crippen LogP contribution in [0, 0.1) is 5.82 Å². The lowest BCUT2D eigenvalue weighted by Gasteiger charge is -2.21. The van der Waals surface area contributed by atoms with E-state index in [0.717, 1.165) is 66.0 Å². The first kappa shape index (κ1) is 17.6. The van der Waals surface area contributed by atoms with Gasteiger partial charge in [-0.05, 0) is 49.8 Å². The van der Waals surface area contributed by atoms with Crippen LogP contribution in [0.5, 0.6) is 0 Å². The highest BCUT2D eigenvalue weighted by molar-refractivity contribution is 9.10. The van der Waals surface area contributed by atoms with E-state index < -0.39 is 0 Å². The first-order chi connectivity index (χ1) is 12.7. The molecule has 3 aromatic rings. The van der Waals surface area contributed by atoms with Crippen molar-refractivity contribution >= 4 is 27.0 Å². The molecule has 0 aliphatic carbocycles. The van der Waals surface area contributed by atoms with E-state index in [4.69, 9.17) is 0 Å². The molecule has 2 heterocycles. The first-order valence-corrected chi connectivity index (χ1v) is 9.79. The van der Waals surface area contributed by atoms with Crippen molar-refractivity contribution in [2.24, 2.45) is 0 Å². The van der Waals surface area contributed by atoms with Crippen LogP contribution in [0.4, 0.5) is 4.39 Å². The van der Waals surface area contributed by atoms with Crippen LogP contribution in [0.3, 0.4) is 0 Å². The summed E-state index contributed by atoms with van der Waals surface area (Å²) in [6.07, 6.45) is 1.08. The third kappa shape index (κ3) is 4.14. The number of rotatable bonds is 4. The van der Waals surface area contributed by atoms with E-state index in [1.165, 1.54) is 6.07 Å². The van der Waals surface area contributed by atoms with E-state index in [9.17, 15) is 4.39 Å². The molecular formula is C20H22BrFN4. The molecule has 1 aliphatic rings. The van der Waals surface area contributed by atoms with Crippen molar-refractivity contribution in [2.75, 3.05) is 26.2 Å². The van der Waals surface area contributed by atoms with Crippen LogP contribution in [0.2, 0.25) is 0 Å². The minimum absolute atomic E-state index is 0.128. The highest BCUT2D eigenvalue weighted by Crippen LogP contribution is 2.19. The molecule has 0 atom stereocenters. The van der Waals surface area contributed by atoms with Gasteiger partial charge in [-0.2, -0.15) is 0 Å². The third-order valence-electron chi connectivity index (χ3n) is 4.89. The smallest absolute Gasteiger partial charge is 0.127 e. The summed E-state index contributed by atoms with van der Waals surface area (Å²) in [5.74, 6) is 0.884. The molecule has 1 fully saturated rings. The van der Waals surface area contributed by atoms with Crippen LogP contribution in [0.15, 0.2) is 46.9 Å². The van der Waals surface area contributed by atoms with E-state index in [1.807, 2.05) is 24.3 Å². The molecule has 2 aromatic carbocycles. The minimum Gasteiger partial charge on any atom is -0.341 e. The van der Waals surface area contributed by atoms with E-state index in [1.54, 1.807) is 6.07 Å². The summed E-state index contributed by atoms with van der Waals surface area (Å²) in [6.45, 7) is 5.41. The standard InChI is InChI=1S/C20H22BrFN4/c21-16-6-7-17(22)15(12-16)13-25-8-3-9-26(11-10-25)14-20-23-18-4-1-2-5-19(18)24-20/h1-2,4-7,12H,3,8-11,13-14H2,(H,23,24). The van der Waals surface area contributed by atoms with Gasteiger partial charge in [0.15, 0.2) is 0 Å². The Kier molecular flexibility index (Phi) is 5.33. The summed E-state index contributed by atoms with van der Waals surface area (Å²) in [6, 6.07) is 13.3. The molecule has 1 aromatic heterocycles. The molecule has 4 nitrogen and oxygen atoms in total. The van der Waals surface area contributed by atoms with Gasteiger partial charge >= 0.3 is 0 Å². The van der Waals surface area contributed by atoms with Crippen LogP contribution in [-0.4, -0.2) is 45.9 Å². The summed E-state index contributed by atoms with van der Waals surface area (Å²) in [4.78, 5) is 12.8. The number of aromatic amines is 1. The van der Waals surface area contributed by atoms with E-state index in [0.29, 0.717) is 6.54 Å². The Morgan fingerprint density at radius 2 is 1.77 bits per heavy atom. The lowest BCUT2D eigenvalue weighted by molar-refractivity contribution is 0.242. The summed E-state index contributed by atoms with van der Waals surface area (Å²) < 4.78 is 14.9. The number of imidazole rings is 1. The van der Waals surface area contributed by atoms with Crippen molar-refractivity contribution in [1.29, 1.82) is 0 Å². The molecule has 0 radical (unpaired) electrons. The van der Waals surface area contributed by atoms with Crippen LogP contribution in [0.1, 0.15) is 17.8 Å². The summed E-state index contributed by atoms with van der Waals surface area (Å²) >= 11 is 3.43. The van der Waals surface area contributed by atoms with Gasteiger partial charge in [-0.25, -0.2) is 9.37 Å². The number of halogens is 2. The van der Waals surface area contributed by atoms with Crippen molar-refractivity contribution in [1.82, 2.24) is 19.8 Å². The Morgan fingerprint density at radius 3 is 2.58 bits per heavy atom. The molecule has 1 aliphatic heterocycles. The zero-order chi connectivity index (χ0) is 17.9. The topological polar surface area (TPSA) is 35.2 Å².